The Morgan fingerprint density at radius 2 is 1.67 bits per heavy atom. The molecule has 0 bridgehead atoms. The van der Waals surface area contributed by atoms with Gasteiger partial charge in [-0.05, 0) is 19.1 Å². The molecule has 0 spiro atoms. The lowest BCUT2D eigenvalue weighted by Crippen LogP contribution is -2.53. The van der Waals surface area contributed by atoms with Crippen LogP contribution in [0.5, 0.6) is 11.5 Å². The molecule has 0 aliphatic carbocycles. The van der Waals surface area contributed by atoms with Gasteiger partial charge in [-0.1, -0.05) is 0 Å². The maximum atomic E-state index is 12.7. The molecule has 2 rings (SSSR count). The molecule has 24 heavy (non-hydrogen) atoms. The molecule has 1 saturated heterocycles. The zero-order valence-electron chi connectivity index (χ0n) is 14.2. The number of amides is 2. The van der Waals surface area contributed by atoms with Gasteiger partial charge in [0.1, 0.15) is 11.5 Å². The van der Waals surface area contributed by atoms with E-state index in [1.54, 1.807) is 42.0 Å². The van der Waals surface area contributed by atoms with Crippen molar-refractivity contribution in [1.29, 1.82) is 0 Å². The smallest absolute Gasteiger partial charge is 0.257 e. The van der Waals surface area contributed by atoms with Gasteiger partial charge in [-0.3, -0.25) is 9.59 Å². The number of benzene rings is 1. The Morgan fingerprint density at radius 1 is 1.08 bits per heavy atom. The van der Waals surface area contributed by atoms with Crippen molar-refractivity contribution in [1.82, 2.24) is 9.80 Å². The molecule has 134 valence electrons. The highest BCUT2D eigenvalue weighted by atomic mass is 35.5. The lowest BCUT2D eigenvalue weighted by molar-refractivity contribution is -0.133. The maximum Gasteiger partial charge on any atom is 0.257 e. The molecular formula is C16H24ClN3O4. The zero-order valence-corrected chi connectivity index (χ0v) is 15.0. The highest BCUT2D eigenvalue weighted by Gasteiger charge is 2.27. The molecule has 0 saturated carbocycles. The fraction of sp³-hybridized carbons (Fsp3) is 0.500. The number of carbonyl (C=O) groups is 2. The van der Waals surface area contributed by atoms with E-state index in [1.807, 2.05) is 0 Å². The molecule has 2 N–H and O–H groups in total. The largest absolute Gasteiger partial charge is 0.497 e. The third kappa shape index (κ3) is 4.30. The second-order valence-corrected chi connectivity index (χ2v) is 5.47. The van der Waals surface area contributed by atoms with E-state index in [-0.39, 0.29) is 24.2 Å². The number of piperazine rings is 1. The van der Waals surface area contributed by atoms with Crippen molar-refractivity contribution >= 4 is 24.2 Å². The first-order chi connectivity index (χ1) is 11.0. The van der Waals surface area contributed by atoms with Crippen molar-refractivity contribution in [3.8, 4) is 11.5 Å². The lowest BCUT2D eigenvalue weighted by atomic mass is 10.1. The van der Waals surface area contributed by atoms with Gasteiger partial charge in [0.05, 0.1) is 25.8 Å². The number of ether oxygens (including phenoxy) is 2. The molecule has 1 atom stereocenters. The summed E-state index contributed by atoms with van der Waals surface area (Å²) < 4.78 is 10.4. The molecular weight excluding hydrogens is 334 g/mol. The van der Waals surface area contributed by atoms with Crippen LogP contribution in [0.2, 0.25) is 0 Å². The first-order valence-corrected chi connectivity index (χ1v) is 7.53. The lowest BCUT2D eigenvalue weighted by Gasteiger charge is -2.35. The Labute approximate surface area is 148 Å². The van der Waals surface area contributed by atoms with Gasteiger partial charge in [0.2, 0.25) is 5.91 Å². The Morgan fingerprint density at radius 3 is 2.17 bits per heavy atom. The first-order valence-electron chi connectivity index (χ1n) is 7.53. The fourth-order valence-corrected chi connectivity index (χ4v) is 2.56. The van der Waals surface area contributed by atoms with Gasteiger partial charge < -0.3 is 25.0 Å². The van der Waals surface area contributed by atoms with Crippen LogP contribution >= 0.6 is 12.4 Å². The molecule has 0 unspecified atom stereocenters. The molecule has 1 fully saturated rings. The van der Waals surface area contributed by atoms with Gasteiger partial charge in [-0.2, -0.15) is 0 Å². The van der Waals surface area contributed by atoms with Crippen LogP contribution in [0.3, 0.4) is 0 Å². The average molecular weight is 358 g/mol. The molecule has 1 aromatic rings. The van der Waals surface area contributed by atoms with Crippen molar-refractivity contribution in [2.24, 2.45) is 5.73 Å². The van der Waals surface area contributed by atoms with Crippen LogP contribution in [0.15, 0.2) is 18.2 Å². The van der Waals surface area contributed by atoms with Crippen LogP contribution in [-0.2, 0) is 4.79 Å². The normalized spacial score (nSPS) is 15.3. The monoisotopic (exact) mass is 357 g/mol. The molecule has 0 aromatic heterocycles. The van der Waals surface area contributed by atoms with Crippen LogP contribution in [0, 0.1) is 0 Å². The van der Waals surface area contributed by atoms with Crippen molar-refractivity contribution in [3.05, 3.63) is 23.8 Å². The van der Waals surface area contributed by atoms with Gasteiger partial charge in [-0.15, -0.1) is 12.4 Å². The molecule has 8 heteroatoms. The molecule has 1 aromatic carbocycles. The highest BCUT2D eigenvalue weighted by Crippen LogP contribution is 2.26. The molecule has 0 radical (unpaired) electrons. The van der Waals surface area contributed by atoms with Crippen LogP contribution in [0.4, 0.5) is 0 Å². The summed E-state index contributed by atoms with van der Waals surface area (Å²) in [5, 5.41) is 0. The fourth-order valence-electron chi connectivity index (χ4n) is 2.56. The highest BCUT2D eigenvalue weighted by molar-refractivity contribution is 5.97. The average Bonchev–Trinajstić information content (AvgIpc) is 2.59. The Kier molecular flexibility index (Phi) is 7.31. The standard InChI is InChI=1S/C16H23N3O4.ClH/c1-11(17)15(20)18-6-8-19(9-7-18)16(21)13-5-4-12(22-2)10-14(13)23-3;/h4-5,10-11H,6-9,17H2,1-3H3;1H/t11-;/m1./s1. The second kappa shape index (κ2) is 8.75. The molecule has 1 aliphatic heterocycles. The number of rotatable bonds is 4. The minimum atomic E-state index is -0.515. The summed E-state index contributed by atoms with van der Waals surface area (Å²) in [6.07, 6.45) is 0. The summed E-state index contributed by atoms with van der Waals surface area (Å²) in [5.74, 6) is 0.908. The number of carbonyl (C=O) groups excluding carboxylic acids is 2. The van der Waals surface area contributed by atoms with E-state index in [4.69, 9.17) is 15.2 Å². The van der Waals surface area contributed by atoms with Crippen LogP contribution in [0.25, 0.3) is 0 Å². The summed E-state index contributed by atoms with van der Waals surface area (Å²) in [5.41, 5.74) is 6.10. The van der Waals surface area contributed by atoms with E-state index in [9.17, 15) is 9.59 Å². The molecule has 2 amide bonds. The third-order valence-electron chi connectivity index (χ3n) is 3.91. The van der Waals surface area contributed by atoms with Crippen molar-refractivity contribution in [2.45, 2.75) is 13.0 Å². The quantitative estimate of drug-likeness (QED) is 0.859. The van der Waals surface area contributed by atoms with E-state index >= 15 is 0 Å². The third-order valence-corrected chi connectivity index (χ3v) is 3.91. The van der Waals surface area contributed by atoms with E-state index in [0.717, 1.165) is 0 Å². The number of methoxy groups -OCH3 is 2. The predicted octanol–water partition coefficient (Wildman–Crippen LogP) is 0.757. The van der Waals surface area contributed by atoms with Gasteiger partial charge in [-0.25, -0.2) is 0 Å². The zero-order chi connectivity index (χ0) is 17.0. The first kappa shape index (κ1) is 20.1. The van der Waals surface area contributed by atoms with Crippen LogP contribution < -0.4 is 15.2 Å². The van der Waals surface area contributed by atoms with Gasteiger partial charge >= 0.3 is 0 Å². The molecule has 7 nitrogen and oxygen atoms in total. The summed E-state index contributed by atoms with van der Waals surface area (Å²) in [6, 6.07) is 4.59. The Hall–Kier alpha value is -1.99. The van der Waals surface area contributed by atoms with E-state index < -0.39 is 6.04 Å². The predicted molar refractivity (Wildman–Crippen MR) is 92.9 cm³/mol. The van der Waals surface area contributed by atoms with Crippen LogP contribution in [-0.4, -0.2) is 68.1 Å². The summed E-state index contributed by atoms with van der Waals surface area (Å²) >= 11 is 0. The SMILES string of the molecule is COc1ccc(C(=O)N2CCN(C(=O)[C@@H](C)N)CC2)c(OC)c1.Cl. The minimum absolute atomic E-state index is 0. The van der Waals surface area contributed by atoms with Crippen molar-refractivity contribution in [2.75, 3.05) is 40.4 Å². The summed E-state index contributed by atoms with van der Waals surface area (Å²) in [4.78, 5) is 28.0. The van der Waals surface area contributed by atoms with Gasteiger partial charge in [0.15, 0.2) is 0 Å². The molecule has 1 heterocycles. The van der Waals surface area contributed by atoms with Crippen LogP contribution in [0.1, 0.15) is 17.3 Å². The van der Waals surface area contributed by atoms with Gasteiger partial charge in [0, 0.05) is 32.2 Å². The Balaban J connectivity index is 0.00000288. The molecule has 1 aliphatic rings. The Bertz CT molecular complexity index is 587. The topological polar surface area (TPSA) is 85.1 Å². The van der Waals surface area contributed by atoms with Crippen molar-refractivity contribution < 1.29 is 19.1 Å². The maximum absolute atomic E-state index is 12.7. The van der Waals surface area contributed by atoms with E-state index in [2.05, 4.69) is 0 Å². The number of hydrogen-bond donors (Lipinski definition) is 1. The number of halogens is 1. The number of hydrogen-bond acceptors (Lipinski definition) is 5. The van der Waals surface area contributed by atoms with Crippen molar-refractivity contribution in [3.63, 3.8) is 0 Å². The van der Waals surface area contributed by atoms with E-state index in [1.165, 1.54) is 7.11 Å². The summed E-state index contributed by atoms with van der Waals surface area (Å²) in [7, 11) is 3.08. The second-order valence-electron chi connectivity index (χ2n) is 5.47. The summed E-state index contributed by atoms with van der Waals surface area (Å²) in [6.45, 7) is 3.61. The minimum Gasteiger partial charge on any atom is -0.497 e. The number of nitrogens with zero attached hydrogens (tertiary/aromatic N) is 2. The number of nitrogens with two attached hydrogens (primary N) is 1. The van der Waals surface area contributed by atoms with Gasteiger partial charge in [0.25, 0.3) is 5.91 Å². The van der Waals surface area contributed by atoms with E-state index in [0.29, 0.717) is 43.2 Å².